The number of aliphatic hydroxyl groups excluding tert-OH is 1. The van der Waals surface area contributed by atoms with E-state index in [1.54, 1.807) is 6.08 Å². The summed E-state index contributed by atoms with van der Waals surface area (Å²) in [6, 6.07) is -0.877. The van der Waals surface area contributed by atoms with Gasteiger partial charge in [0.2, 0.25) is 5.91 Å². The van der Waals surface area contributed by atoms with Gasteiger partial charge in [-0.1, -0.05) is 150 Å². The smallest absolute Gasteiger partial charge is 0.387 e. The molecule has 0 saturated heterocycles. The molecule has 0 aromatic rings. The lowest BCUT2D eigenvalue weighted by Crippen LogP contribution is -2.45. The molecule has 0 fully saturated rings. The van der Waals surface area contributed by atoms with Crippen LogP contribution in [0.5, 0.6) is 0 Å². The Balaban J connectivity index is 4.46. The predicted octanol–water partition coefficient (Wildman–Crippen LogP) is 12.2. The second kappa shape index (κ2) is 38.2. The van der Waals surface area contributed by atoms with Crippen LogP contribution in [0.25, 0.3) is 0 Å². The van der Waals surface area contributed by atoms with Crippen molar-refractivity contribution in [1.29, 1.82) is 0 Å². The fourth-order valence-corrected chi connectivity index (χ4v) is 6.33. The Morgan fingerprint density at radius 3 is 1.64 bits per heavy atom. The number of carbonyl (C=O) groups is 1. The molecule has 0 aliphatic carbocycles. The minimum absolute atomic E-state index is 0.0472. The molecule has 0 aliphatic heterocycles. The number of amides is 1. The number of hydrogen-bond acceptors (Lipinski definition) is 5. The molecule has 0 aliphatic rings. The zero-order valence-electron chi connectivity index (χ0n) is 36.3. The van der Waals surface area contributed by atoms with Gasteiger partial charge in [0.25, 0.3) is 0 Å². The van der Waals surface area contributed by atoms with Crippen LogP contribution >= 0.6 is 7.82 Å². The number of likely N-dealkylation sites (N-methyl/N-ethyl adjacent to an activating group) is 1. The van der Waals surface area contributed by atoms with E-state index in [9.17, 15) is 19.4 Å². The number of nitrogens with one attached hydrogen (secondary N) is 1. The van der Waals surface area contributed by atoms with Gasteiger partial charge in [-0.2, -0.15) is 0 Å². The van der Waals surface area contributed by atoms with Crippen LogP contribution in [-0.4, -0.2) is 73.4 Å². The van der Waals surface area contributed by atoms with Crippen molar-refractivity contribution in [1.82, 2.24) is 5.32 Å². The fraction of sp³-hybridized carbons (Fsp3) is 0.681. The van der Waals surface area contributed by atoms with E-state index in [0.717, 1.165) is 89.9 Å². The summed E-state index contributed by atoms with van der Waals surface area (Å²) in [5.41, 5.74) is 0. The first-order valence-corrected chi connectivity index (χ1v) is 23.5. The third-order valence-electron chi connectivity index (χ3n) is 9.08. The Morgan fingerprint density at radius 2 is 1.09 bits per heavy atom. The molecule has 0 bridgehead atoms. The molecule has 1 amide bonds. The summed E-state index contributed by atoms with van der Waals surface area (Å²) in [4.78, 5) is 23.1. The van der Waals surface area contributed by atoms with E-state index < -0.39 is 20.0 Å². The van der Waals surface area contributed by atoms with Gasteiger partial charge in [-0.3, -0.25) is 13.8 Å². The van der Waals surface area contributed by atoms with Crippen molar-refractivity contribution in [3.63, 3.8) is 0 Å². The number of nitrogens with zero attached hydrogens (tertiary/aromatic N) is 1. The highest BCUT2D eigenvalue weighted by atomic mass is 31.2. The molecule has 3 unspecified atom stereocenters. The molecule has 0 rings (SSSR count). The average Bonchev–Trinajstić information content (AvgIpc) is 3.15. The van der Waals surface area contributed by atoms with Gasteiger partial charge in [0.05, 0.1) is 39.9 Å². The molecule has 9 heteroatoms. The van der Waals surface area contributed by atoms with Crippen molar-refractivity contribution < 1.29 is 32.9 Å². The summed E-state index contributed by atoms with van der Waals surface area (Å²) in [6.45, 7) is 4.60. The fourth-order valence-electron chi connectivity index (χ4n) is 5.59. The number of unbranched alkanes of at least 4 members (excludes halogenated alkanes) is 13. The lowest BCUT2D eigenvalue weighted by Gasteiger charge is -2.25. The molecule has 0 radical (unpaired) electrons. The monoisotopic (exact) mass is 804 g/mol. The van der Waals surface area contributed by atoms with Crippen LogP contribution in [0, 0.1) is 0 Å². The van der Waals surface area contributed by atoms with Gasteiger partial charge in [-0.05, 0) is 83.5 Å². The minimum atomic E-state index is -4.35. The first kappa shape index (κ1) is 53.7. The van der Waals surface area contributed by atoms with Crippen LogP contribution in [0.2, 0.25) is 0 Å². The van der Waals surface area contributed by atoms with Crippen molar-refractivity contribution in [3.05, 3.63) is 85.1 Å². The van der Waals surface area contributed by atoms with Crippen LogP contribution in [0.15, 0.2) is 85.1 Å². The molecule has 56 heavy (non-hydrogen) atoms. The minimum Gasteiger partial charge on any atom is -0.387 e. The molecular weight excluding hydrogens is 719 g/mol. The number of carbonyl (C=O) groups excluding carboxylic acids is 1. The lowest BCUT2D eigenvalue weighted by molar-refractivity contribution is -0.870. The number of allylic oxidation sites excluding steroid dienone is 13. The van der Waals surface area contributed by atoms with E-state index in [0.29, 0.717) is 17.4 Å². The zero-order chi connectivity index (χ0) is 41.4. The topological polar surface area (TPSA) is 105 Å². The van der Waals surface area contributed by atoms with Gasteiger partial charge in [0, 0.05) is 6.42 Å². The van der Waals surface area contributed by atoms with Crippen LogP contribution in [0.4, 0.5) is 0 Å². The largest absolute Gasteiger partial charge is 0.472 e. The van der Waals surface area contributed by atoms with Crippen LogP contribution in [-0.2, 0) is 18.4 Å². The zero-order valence-corrected chi connectivity index (χ0v) is 37.2. The number of rotatable bonds is 38. The summed E-state index contributed by atoms with van der Waals surface area (Å²) >= 11 is 0. The van der Waals surface area contributed by atoms with Gasteiger partial charge in [-0.15, -0.1) is 0 Å². The van der Waals surface area contributed by atoms with E-state index in [4.69, 9.17) is 9.05 Å². The molecule has 0 saturated carbocycles. The Kier molecular flexibility index (Phi) is 36.6. The third kappa shape index (κ3) is 39.9. The average molecular weight is 804 g/mol. The number of phosphoric acid groups is 1. The molecule has 0 aromatic heterocycles. The summed E-state index contributed by atoms with van der Waals surface area (Å²) in [5.74, 6) is -0.206. The van der Waals surface area contributed by atoms with E-state index in [-0.39, 0.29) is 19.1 Å². The second-order valence-corrected chi connectivity index (χ2v) is 17.1. The Hall–Kier alpha value is -2.32. The quantitative estimate of drug-likeness (QED) is 0.0248. The van der Waals surface area contributed by atoms with Gasteiger partial charge >= 0.3 is 7.82 Å². The van der Waals surface area contributed by atoms with Gasteiger partial charge < -0.3 is 19.8 Å². The molecule has 8 nitrogen and oxygen atoms in total. The Bertz CT molecular complexity index is 1180. The summed E-state index contributed by atoms with van der Waals surface area (Å²) < 4.78 is 23.5. The van der Waals surface area contributed by atoms with Crippen LogP contribution < -0.4 is 5.32 Å². The molecule has 3 N–H and O–H groups in total. The van der Waals surface area contributed by atoms with E-state index >= 15 is 0 Å². The highest BCUT2D eigenvalue weighted by Gasteiger charge is 2.27. The standard InChI is InChI=1S/C47H83N2O6P/c1-6-8-10-12-14-16-18-20-21-22-23-24-25-26-27-29-31-33-35-37-39-41-47(51)48-45(44-55-56(52,53)54-43-42-49(3,4)5)46(50)40-38-36-34-32-30-28-19-17-15-13-11-9-7-2/h8,10,14-17,20-21,23-24,30,32,38,40,45-46,50H,6-7,9,11-13,18-19,22,25-29,31,33-37,39,41-44H2,1-5H3,(H-,48,51,52,53)/p+1/b10-8-,16-14-,17-15+,21-20-,24-23-,32-30+,40-38+. The number of hydrogen-bond donors (Lipinski definition) is 3. The van der Waals surface area contributed by atoms with Crippen molar-refractivity contribution in [2.45, 2.75) is 167 Å². The predicted molar refractivity (Wildman–Crippen MR) is 239 cm³/mol. The van der Waals surface area contributed by atoms with Crippen molar-refractivity contribution >= 4 is 13.7 Å². The first-order valence-electron chi connectivity index (χ1n) is 22.0. The summed E-state index contributed by atoms with van der Waals surface area (Å²) in [5, 5.41) is 13.8. The summed E-state index contributed by atoms with van der Waals surface area (Å²) in [7, 11) is 1.52. The maximum absolute atomic E-state index is 12.9. The van der Waals surface area contributed by atoms with Crippen LogP contribution in [0.3, 0.4) is 0 Å². The van der Waals surface area contributed by atoms with E-state index in [1.165, 1.54) is 44.9 Å². The molecule has 0 aromatic carbocycles. The maximum atomic E-state index is 12.9. The van der Waals surface area contributed by atoms with Crippen molar-refractivity contribution in [2.24, 2.45) is 0 Å². The SMILES string of the molecule is CC/C=C\C/C=C\C/C=C\C/C=C\CCCCCCCCCCC(=O)NC(COP(=O)(O)OCC[N+](C)(C)C)C(O)/C=C/CC/C=C/CC/C=C/CCCCC. The second-order valence-electron chi connectivity index (χ2n) is 15.7. The number of phosphoric ester groups is 1. The van der Waals surface area contributed by atoms with Gasteiger partial charge in [-0.25, -0.2) is 4.57 Å². The molecule has 0 heterocycles. The highest BCUT2D eigenvalue weighted by molar-refractivity contribution is 7.47. The summed E-state index contributed by atoms with van der Waals surface area (Å²) in [6.07, 6.45) is 52.2. The molecule has 322 valence electrons. The highest BCUT2D eigenvalue weighted by Crippen LogP contribution is 2.43. The Labute approximate surface area is 344 Å². The number of quaternary nitrogens is 1. The van der Waals surface area contributed by atoms with E-state index in [2.05, 4.69) is 92.1 Å². The first-order chi connectivity index (χ1) is 27.0. The third-order valence-corrected chi connectivity index (χ3v) is 10.1. The van der Waals surface area contributed by atoms with Crippen molar-refractivity contribution in [3.8, 4) is 0 Å². The lowest BCUT2D eigenvalue weighted by atomic mass is 10.1. The normalized spacial score (nSPS) is 15.2. The van der Waals surface area contributed by atoms with Gasteiger partial charge in [0.15, 0.2) is 0 Å². The van der Waals surface area contributed by atoms with Crippen molar-refractivity contribution in [2.75, 3.05) is 40.9 Å². The maximum Gasteiger partial charge on any atom is 0.472 e. The Morgan fingerprint density at radius 1 is 0.625 bits per heavy atom. The van der Waals surface area contributed by atoms with E-state index in [1.807, 2.05) is 27.2 Å². The molecule has 3 atom stereocenters. The molecule has 0 spiro atoms. The van der Waals surface area contributed by atoms with Crippen LogP contribution in [0.1, 0.15) is 155 Å². The van der Waals surface area contributed by atoms with Gasteiger partial charge in [0.1, 0.15) is 13.2 Å². The molecular formula is C47H84N2O6P+. The number of aliphatic hydroxyl groups is 1.